The Morgan fingerprint density at radius 3 is 2.56 bits per heavy atom. The number of rotatable bonds is 3. The predicted octanol–water partition coefficient (Wildman–Crippen LogP) is 2.71. The van der Waals surface area contributed by atoms with Crippen molar-refractivity contribution in [3.8, 4) is 17.0 Å². The molecular weight excluding hydrogens is 226 g/mol. The van der Waals surface area contributed by atoms with Crippen LogP contribution in [0, 0.1) is 0 Å². The highest BCUT2D eigenvalue weighted by atomic mass is 35.5. The van der Waals surface area contributed by atoms with Gasteiger partial charge in [0.15, 0.2) is 5.95 Å². The van der Waals surface area contributed by atoms with E-state index in [-0.39, 0.29) is 0 Å². The highest BCUT2D eigenvalue weighted by molar-refractivity contribution is 6.32. The fourth-order valence-electron chi connectivity index (χ4n) is 1.44. The average molecular weight is 238 g/mol. The van der Waals surface area contributed by atoms with Gasteiger partial charge in [-0.1, -0.05) is 11.6 Å². The SMILES string of the molecule is CCOc1ccc(-c2nc(N)[nH]c2Cl)cc1. The van der Waals surface area contributed by atoms with Gasteiger partial charge in [-0.3, -0.25) is 0 Å². The molecule has 1 heterocycles. The molecule has 0 unspecified atom stereocenters. The van der Waals surface area contributed by atoms with Gasteiger partial charge in [-0.25, -0.2) is 4.98 Å². The fourth-order valence-corrected chi connectivity index (χ4v) is 1.68. The Kier molecular flexibility index (Phi) is 3.01. The third-order valence-corrected chi connectivity index (χ3v) is 2.39. The van der Waals surface area contributed by atoms with Gasteiger partial charge >= 0.3 is 0 Å². The lowest BCUT2D eigenvalue weighted by Gasteiger charge is -2.03. The molecule has 0 fully saturated rings. The second kappa shape index (κ2) is 4.45. The molecule has 0 amide bonds. The molecule has 0 bridgehead atoms. The minimum atomic E-state index is 0.314. The number of aromatic nitrogens is 2. The molecule has 84 valence electrons. The second-order valence-corrected chi connectivity index (χ2v) is 3.62. The molecule has 5 heteroatoms. The van der Waals surface area contributed by atoms with Gasteiger partial charge in [0.1, 0.15) is 16.6 Å². The lowest BCUT2D eigenvalue weighted by Crippen LogP contribution is -1.90. The van der Waals surface area contributed by atoms with Crippen molar-refractivity contribution in [3.05, 3.63) is 29.4 Å². The van der Waals surface area contributed by atoms with E-state index in [0.717, 1.165) is 11.3 Å². The van der Waals surface area contributed by atoms with E-state index >= 15 is 0 Å². The summed E-state index contributed by atoms with van der Waals surface area (Å²) in [5.41, 5.74) is 7.08. The van der Waals surface area contributed by atoms with Crippen molar-refractivity contribution in [2.24, 2.45) is 0 Å². The third-order valence-electron chi connectivity index (χ3n) is 2.12. The number of hydrogen-bond donors (Lipinski definition) is 2. The summed E-state index contributed by atoms with van der Waals surface area (Å²) in [6.07, 6.45) is 0. The molecule has 0 saturated heterocycles. The number of nitrogens with zero attached hydrogens (tertiary/aromatic N) is 1. The van der Waals surface area contributed by atoms with Crippen LogP contribution >= 0.6 is 11.6 Å². The fraction of sp³-hybridized carbons (Fsp3) is 0.182. The van der Waals surface area contributed by atoms with Crippen molar-refractivity contribution in [1.29, 1.82) is 0 Å². The molecule has 2 rings (SSSR count). The molecule has 0 spiro atoms. The summed E-state index contributed by atoms with van der Waals surface area (Å²) >= 11 is 5.95. The van der Waals surface area contributed by atoms with E-state index in [0.29, 0.717) is 23.4 Å². The molecular formula is C11H12ClN3O. The summed E-state index contributed by atoms with van der Waals surface area (Å²) in [5, 5.41) is 0.446. The van der Waals surface area contributed by atoms with Crippen LogP contribution in [0.25, 0.3) is 11.3 Å². The molecule has 0 aliphatic rings. The van der Waals surface area contributed by atoms with E-state index in [9.17, 15) is 0 Å². The van der Waals surface area contributed by atoms with Crippen LogP contribution in [-0.4, -0.2) is 16.6 Å². The van der Waals surface area contributed by atoms with Gasteiger partial charge in [-0.2, -0.15) is 0 Å². The van der Waals surface area contributed by atoms with Crippen molar-refractivity contribution >= 4 is 17.5 Å². The van der Waals surface area contributed by atoms with Gasteiger partial charge in [0.25, 0.3) is 0 Å². The summed E-state index contributed by atoms with van der Waals surface area (Å²) in [6, 6.07) is 7.54. The Morgan fingerprint density at radius 1 is 1.38 bits per heavy atom. The molecule has 2 aromatic rings. The number of H-pyrrole nitrogens is 1. The van der Waals surface area contributed by atoms with Crippen LogP contribution < -0.4 is 10.5 Å². The Morgan fingerprint density at radius 2 is 2.06 bits per heavy atom. The maximum atomic E-state index is 5.95. The molecule has 0 atom stereocenters. The van der Waals surface area contributed by atoms with E-state index in [4.69, 9.17) is 22.1 Å². The van der Waals surface area contributed by atoms with Gasteiger partial charge in [-0.05, 0) is 31.2 Å². The highest BCUT2D eigenvalue weighted by Gasteiger charge is 2.08. The smallest absolute Gasteiger partial charge is 0.199 e. The monoisotopic (exact) mass is 237 g/mol. The van der Waals surface area contributed by atoms with Gasteiger partial charge in [0, 0.05) is 5.56 Å². The Hall–Kier alpha value is -1.68. The molecule has 0 radical (unpaired) electrons. The summed E-state index contributed by atoms with van der Waals surface area (Å²) in [6.45, 7) is 2.59. The zero-order chi connectivity index (χ0) is 11.5. The van der Waals surface area contributed by atoms with Crippen LogP contribution in [0.5, 0.6) is 5.75 Å². The van der Waals surface area contributed by atoms with Gasteiger partial charge in [0.2, 0.25) is 0 Å². The van der Waals surface area contributed by atoms with Crippen LogP contribution in [0.1, 0.15) is 6.92 Å². The summed E-state index contributed by atoms with van der Waals surface area (Å²) in [7, 11) is 0. The minimum Gasteiger partial charge on any atom is -0.494 e. The van der Waals surface area contributed by atoms with Crippen molar-refractivity contribution in [3.63, 3.8) is 0 Å². The van der Waals surface area contributed by atoms with E-state index in [1.807, 2.05) is 31.2 Å². The first-order valence-corrected chi connectivity index (χ1v) is 5.32. The van der Waals surface area contributed by atoms with E-state index < -0.39 is 0 Å². The van der Waals surface area contributed by atoms with Crippen LogP contribution in [0.15, 0.2) is 24.3 Å². The quantitative estimate of drug-likeness (QED) is 0.863. The third kappa shape index (κ3) is 2.12. The summed E-state index contributed by atoms with van der Waals surface area (Å²) in [5.74, 6) is 1.14. The summed E-state index contributed by atoms with van der Waals surface area (Å²) < 4.78 is 5.35. The lowest BCUT2D eigenvalue weighted by molar-refractivity contribution is 0.340. The maximum Gasteiger partial charge on any atom is 0.199 e. The van der Waals surface area contributed by atoms with Crippen molar-refractivity contribution in [2.75, 3.05) is 12.3 Å². The molecule has 1 aromatic heterocycles. The lowest BCUT2D eigenvalue weighted by atomic mass is 10.2. The topological polar surface area (TPSA) is 63.9 Å². The van der Waals surface area contributed by atoms with Crippen molar-refractivity contribution in [2.45, 2.75) is 6.92 Å². The van der Waals surface area contributed by atoms with Crippen LogP contribution in [0.4, 0.5) is 5.95 Å². The molecule has 1 aromatic carbocycles. The van der Waals surface area contributed by atoms with E-state index in [2.05, 4.69) is 9.97 Å². The number of nitrogens with two attached hydrogens (primary N) is 1. The first-order chi connectivity index (χ1) is 7.70. The normalized spacial score (nSPS) is 10.4. The van der Waals surface area contributed by atoms with E-state index in [1.165, 1.54) is 0 Å². The van der Waals surface area contributed by atoms with Crippen LogP contribution in [0.3, 0.4) is 0 Å². The number of nitrogens with one attached hydrogen (secondary N) is 1. The number of ether oxygens (including phenoxy) is 1. The van der Waals surface area contributed by atoms with Crippen LogP contribution in [0.2, 0.25) is 5.15 Å². The summed E-state index contributed by atoms with van der Waals surface area (Å²) in [4.78, 5) is 6.85. The predicted molar refractivity (Wildman–Crippen MR) is 64.6 cm³/mol. The number of nitrogen functional groups attached to an aromatic ring is 1. The zero-order valence-electron chi connectivity index (χ0n) is 8.83. The van der Waals surface area contributed by atoms with Gasteiger partial charge < -0.3 is 15.5 Å². The minimum absolute atomic E-state index is 0.314. The molecule has 3 N–H and O–H groups in total. The number of aromatic amines is 1. The first kappa shape index (κ1) is 10.8. The number of hydrogen-bond acceptors (Lipinski definition) is 3. The van der Waals surface area contributed by atoms with Gasteiger partial charge in [-0.15, -0.1) is 0 Å². The maximum absolute atomic E-state index is 5.95. The van der Waals surface area contributed by atoms with Crippen molar-refractivity contribution in [1.82, 2.24) is 9.97 Å². The number of halogens is 1. The molecule has 16 heavy (non-hydrogen) atoms. The number of imidazole rings is 1. The Labute approximate surface area is 98.4 Å². The largest absolute Gasteiger partial charge is 0.494 e. The number of benzene rings is 1. The van der Waals surface area contributed by atoms with Gasteiger partial charge in [0.05, 0.1) is 6.61 Å². The molecule has 0 saturated carbocycles. The molecule has 0 aliphatic carbocycles. The zero-order valence-corrected chi connectivity index (χ0v) is 9.58. The molecule has 0 aliphatic heterocycles. The standard InChI is InChI=1S/C11H12ClN3O/c1-2-16-8-5-3-7(4-6-8)9-10(12)15-11(13)14-9/h3-6H,2H2,1H3,(H3,13,14,15). The number of anilines is 1. The second-order valence-electron chi connectivity index (χ2n) is 3.24. The molecule has 4 nitrogen and oxygen atoms in total. The Balaban J connectivity index is 2.31. The first-order valence-electron chi connectivity index (χ1n) is 4.95. The van der Waals surface area contributed by atoms with Crippen molar-refractivity contribution < 1.29 is 4.74 Å². The average Bonchev–Trinajstić information content (AvgIpc) is 2.59. The van der Waals surface area contributed by atoms with E-state index in [1.54, 1.807) is 0 Å². The Bertz CT molecular complexity index is 478. The van der Waals surface area contributed by atoms with Crippen LogP contribution in [-0.2, 0) is 0 Å². The highest BCUT2D eigenvalue weighted by Crippen LogP contribution is 2.27.